The molecule has 1 amide bonds. The highest BCUT2D eigenvalue weighted by atomic mass is 35.5. The molecule has 0 spiro atoms. The third-order valence-corrected chi connectivity index (χ3v) is 3.65. The maximum absolute atomic E-state index is 12.1. The standard InChI is InChI=1S/C18H15ClN2O2/c1-12-5-7-13(8-6-12)17-10-16(21-23-17)11-20-18(22)14-3-2-4-15(19)9-14/h2-10H,11H2,1H3,(H,20,22). The SMILES string of the molecule is Cc1ccc(-c2cc(CNC(=O)c3cccc(Cl)c3)no2)cc1. The maximum atomic E-state index is 12.1. The van der Waals surface area contributed by atoms with Gasteiger partial charge < -0.3 is 9.84 Å². The molecule has 4 nitrogen and oxygen atoms in total. The van der Waals surface area contributed by atoms with Crippen LogP contribution >= 0.6 is 11.6 Å². The maximum Gasteiger partial charge on any atom is 0.251 e. The number of amides is 1. The summed E-state index contributed by atoms with van der Waals surface area (Å²) >= 11 is 5.88. The van der Waals surface area contributed by atoms with Gasteiger partial charge in [0.1, 0.15) is 5.69 Å². The zero-order chi connectivity index (χ0) is 16.2. The van der Waals surface area contributed by atoms with Crippen LogP contribution < -0.4 is 5.32 Å². The molecule has 0 radical (unpaired) electrons. The number of halogens is 1. The second-order valence-corrected chi connectivity index (χ2v) is 5.68. The van der Waals surface area contributed by atoms with E-state index >= 15 is 0 Å². The molecule has 3 aromatic rings. The predicted molar refractivity (Wildman–Crippen MR) is 89.3 cm³/mol. The van der Waals surface area contributed by atoms with Crippen LogP contribution in [-0.4, -0.2) is 11.1 Å². The molecule has 0 saturated carbocycles. The normalized spacial score (nSPS) is 10.5. The van der Waals surface area contributed by atoms with Crippen molar-refractivity contribution in [2.24, 2.45) is 0 Å². The Labute approximate surface area is 139 Å². The van der Waals surface area contributed by atoms with Crippen molar-refractivity contribution in [2.75, 3.05) is 0 Å². The molecule has 1 N–H and O–H groups in total. The van der Waals surface area contributed by atoms with Crippen LogP contribution in [-0.2, 0) is 6.54 Å². The molecule has 0 aliphatic carbocycles. The van der Waals surface area contributed by atoms with E-state index in [-0.39, 0.29) is 5.91 Å². The van der Waals surface area contributed by atoms with Gasteiger partial charge in [0.2, 0.25) is 0 Å². The van der Waals surface area contributed by atoms with Crippen molar-refractivity contribution in [1.82, 2.24) is 10.5 Å². The molecular weight excluding hydrogens is 312 g/mol. The largest absolute Gasteiger partial charge is 0.356 e. The van der Waals surface area contributed by atoms with Crippen molar-refractivity contribution in [3.63, 3.8) is 0 Å². The molecule has 1 aromatic heterocycles. The Morgan fingerprint density at radius 1 is 1.17 bits per heavy atom. The number of benzene rings is 2. The molecule has 0 atom stereocenters. The van der Waals surface area contributed by atoms with Gasteiger partial charge in [0.25, 0.3) is 5.91 Å². The molecule has 2 aromatic carbocycles. The molecule has 3 rings (SSSR count). The van der Waals surface area contributed by atoms with Gasteiger partial charge in [-0.05, 0) is 25.1 Å². The van der Waals surface area contributed by atoms with Crippen molar-refractivity contribution >= 4 is 17.5 Å². The molecule has 0 bridgehead atoms. The highest BCUT2D eigenvalue weighted by Gasteiger charge is 2.09. The summed E-state index contributed by atoms with van der Waals surface area (Å²) in [5.74, 6) is 0.476. The van der Waals surface area contributed by atoms with Crippen molar-refractivity contribution in [3.05, 3.63) is 76.4 Å². The minimum absolute atomic E-state index is 0.201. The summed E-state index contributed by atoms with van der Waals surface area (Å²) in [6.07, 6.45) is 0. The highest BCUT2D eigenvalue weighted by Crippen LogP contribution is 2.20. The summed E-state index contributed by atoms with van der Waals surface area (Å²) in [5.41, 5.74) is 3.31. The van der Waals surface area contributed by atoms with Gasteiger partial charge >= 0.3 is 0 Å². The van der Waals surface area contributed by atoms with E-state index in [1.807, 2.05) is 37.3 Å². The summed E-state index contributed by atoms with van der Waals surface area (Å²) in [6, 6.07) is 16.6. The lowest BCUT2D eigenvalue weighted by molar-refractivity contribution is 0.0950. The van der Waals surface area contributed by atoms with Gasteiger partial charge in [-0.25, -0.2) is 0 Å². The van der Waals surface area contributed by atoms with Crippen LogP contribution in [0.3, 0.4) is 0 Å². The summed E-state index contributed by atoms with van der Waals surface area (Å²) in [6.45, 7) is 2.32. The Bertz CT molecular complexity index is 825. The van der Waals surface area contributed by atoms with Crippen LogP contribution in [0, 0.1) is 6.92 Å². The minimum atomic E-state index is -0.201. The molecule has 0 fully saturated rings. The second kappa shape index (κ2) is 6.67. The van der Waals surface area contributed by atoms with E-state index in [9.17, 15) is 4.79 Å². The zero-order valence-electron chi connectivity index (χ0n) is 12.5. The second-order valence-electron chi connectivity index (χ2n) is 5.24. The molecule has 1 heterocycles. The first-order valence-corrected chi connectivity index (χ1v) is 7.56. The van der Waals surface area contributed by atoms with E-state index in [2.05, 4.69) is 10.5 Å². The van der Waals surface area contributed by atoms with E-state index in [1.165, 1.54) is 5.56 Å². The van der Waals surface area contributed by atoms with Gasteiger partial charge in [-0.3, -0.25) is 4.79 Å². The van der Waals surface area contributed by atoms with Crippen molar-refractivity contribution < 1.29 is 9.32 Å². The molecule has 0 saturated heterocycles. The summed E-state index contributed by atoms with van der Waals surface area (Å²) in [5, 5.41) is 7.31. The van der Waals surface area contributed by atoms with Crippen LogP contribution in [0.2, 0.25) is 5.02 Å². The van der Waals surface area contributed by atoms with E-state index < -0.39 is 0 Å². The number of hydrogen-bond acceptors (Lipinski definition) is 3. The molecular formula is C18H15ClN2O2. The molecule has 0 aliphatic rings. The predicted octanol–water partition coefficient (Wildman–Crippen LogP) is 4.23. The summed E-state index contributed by atoms with van der Waals surface area (Å²) in [4.78, 5) is 12.1. The first-order valence-electron chi connectivity index (χ1n) is 7.18. The lowest BCUT2D eigenvalue weighted by Crippen LogP contribution is -2.22. The number of aromatic nitrogens is 1. The van der Waals surface area contributed by atoms with E-state index in [0.717, 1.165) is 5.56 Å². The lowest BCUT2D eigenvalue weighted by atomic mass is 10.1. The zero-order valence-corrected chi connectivity index (χ0v) is 13.3. The number of rotatable bonds is 4. The van der Waals surface area contributed by atoms with Crippen LogP contribution in [0.5, 0.6) is 0 Å². The summed E-state index contributed by atoms with van der Waals surface area (Å²) < 4.78 is 5.33. The average molecular weight is 327 g/mol. The third-order valence-electron chi connectivity index (χ3n) is 3.41. The van der Waals surface area contributed by atoms with Gasteiger partial charge in [-0.15, -0.1) is 0 Å². The van der Waals surface area contributed by atoms with Crippen molar-refractivity contribution in [1.29, 1.82) is 0 Å². The van der Waals surface area contributed by atoms with Crippen molar-refractivity contribution in [3.8, 4) is 11.3 Å². The smallest absolute Gasteiger partial charge is 0.251 e. The average Bonchev–Trinajstić information content (AvgIpc) is 3.02. The fourth-order valence-electron chi connectivity index (χ4n) is 2.15. The van der Waals surface area contributed by atoms with Crippen molar-refractivity contribution in [2.45, 2.75) is 13.5 Å². The van der Waals surface area contributed by atoms with Crippen LogP contribution in [0.1, 0.15) is 21.6 Å². The molecule has 5 heteroatoms. The third kappa shape index (κ3) is 3.79. The van der Waals surface area contributed by atoms with Gasteiger partial charge in [0.05, 0.1) is 6.54 Å². The fraction of sp³-hybridized carbons (Fsp3) is 0.111. The molecule has 0 aliphatic heterocycles. The first-order chi connectivity index (χ1) is 11.1. The number of aryl methyl sites for hydroxylation is 1. The topological polar surface area (TPSA) is 55.1 Å². The number of nitrogens with zero attached hydrogens (tertiary/aromatic N) is 1. The number of carbonyl (C=O) groups excluding carboxylic acids is 1. The minimum Gasteiger partial charge on any atom is -0.356 e. The van der Waals surface area contributed by atoms with Gasteiger partial charge in [-0.2, -0.15) is 0 Å². The monoisotopic (exact) mass is 326 g/mol. The molecule has 0 unspecified atom stereocenters. The quantitative estimate of drug-likeness (QED) is 0.780. The van der Waals surface area contributed by atoms with Gasteiger partial charge in [0, 0.05) is 22.2 Å². The number of carbonyl (C=O) groups is 1. The molecule has 116 valence electrons. The van der Waals surface area contributed by atoms with E-state index in [0.29, 0.717) is 28.6 Å². The Balaban J connectivity index is 1.65. The lowest BCUT2D eigenvalue weighted by Gasteiger charge is -2.02. The van der Waals surface area contributed by atoms with Crippen LogP contribution in [0.4, 0.5) is 0 Å². The first kappa shape index (κ1) is 15.3. The summed E-state index contributed by atoms with van der Waals surface area (Å²) in [7, 11) is 0. The number of hydrogen-bond donors (Lipinski definition) is 1. The molecule has 23 heavy (non-hydrogen) atoms. The number of nitrogens with one attached hydrogen (secondary N) is 1. The van der Waals surface area contributed by atoms with Crippen LogP contribution in [0.25, 0.3) is 11.3 Å². The highest BCUT2D eigenvalue weighted by molar-refractivity contribution is 6.30. The Hall–Kier alpha value is -2.59. The van der Waals surface area contributed by atoms with Crippen LogP contribution in [0.15, 0.2) is 59.1 Å². The Morgan fingerprint density at radius 3 is 2.70 bits per heavy atom. The Morgan fingerprint density at radius 2 is 1.96 bits per heavy atom. The van der Waals surface area contributed by atoms with Gasteiger partial charge in [0.15, 0.2) is 5.76 Å². The van der Waals surface area contributed by atoms with E-state index in [4.69, 9.17) is 16.1 Å². The fourth-order valence-corrected chi connectivity index (χ4v) is 2.34. The van der Waals surface area contributed by atoms with Gasteiger partial charge in [-0.1, -0.05) is 52.7 Å². The Kier molecular flexibility index (Phi) is 4.44. The van der Waals surface area contributed by atoms with E-state index in [1.54, 1.807) is 24.3 Å².